The zero-order valence-corrected chi connectivity index (χ0v) is 15.8. The molecule has 0 atom stereocenters. The quantitative estimate of drug-likeness (QED) is 0.577. The van der Waals surface area contributed by atoms with Gasteiger partial charge in [0.1, 0.15) is 5.75 Å². The van der Waals surface area contributed by atoms with Crippen LogP contribution in [0.3, 0.4) is 0 Å². The second-order valence-corrected chi connectivity index (χ2v) is 7.36. The van der Waals surface area contributed by atoms with Crippen molar-refractivity contribution >= 4 is 33.2 Å². The van der Waals surface area contributed by atoms with Gasteiger partial charge in [-0.15, -0.1) is 0 Å². The maximum absolute atomic E-state index is 12.1. The Balaban J connectivity index is 2.04. The monoisotopic (exact) mass is 406 g/mol. The van der Waals surface area contributed by atoms with Crippen molar-refractivity contribution in [1.82, 2.24) is 0 Å². The van der Waals surface area contributed by atoms with Gasteiger partial charge in [0.15, 0.2) is 6.61 Å². The first-order valence-electron chi connectivity index (χ1n) is 7.64. The number of nitrogens with one attached hydrogen (secondary N) is 1. The third kappa shape index (κ3) is 5.03. The van der Waals surface area contributed by atoms with Crippen molar-refractivity contribution in [2.45, 2.75) is 26.2 Å². The molecule has 0 aliphatic carbocycles. The van der Waals surface area contributed by atoms with Crippen LogP contribution in [0.15, 0.2) is 46.9 Å². The number of halogens is 1. The van der Waals surface area contributed by atoms with Gasteiger partial charge in [-0.2, -0.15) is 0 Å². The van der Waals surface area contributed by atoms with Gasteiger partial charge >= 0.3 is 0 Å². The van der Waals surface area contributed by atoms with E-state index in [1.165, 1.54) is 18.2 Å². The lowest BCUT2D eigenvalue weighted by molar-refractivity contribution is -0.384. The van der Waals surface area contributed by atoms with Gasteiger partial charge in [0.25, 0.3) is 11.6 Å². The molecule has 0 aliphatic heterocycles. The summed E-state index contributed by atoms with van der Waals surface area (Å²) in [5, 5.41) is 13.4. The Labute approximate surface area is 154 Å². The number of rotatable bonds is 5. The van der Waals surface area contributed by atoms with Gasteiger partial charge in [0.05, 0.1) is 10.6 Å². The van der Waals surface area contributed by atoms with E-state index in [2.05, 4.69) is 42.0 Å². The summed E-state index contributed by atoms with van der Waals surface area (Å²) in [6.07, 6.45) is 0. The molecule has 0 bridgehead atoms. The molecule has 0 fully saturated rings. The molecule has 2 aromatic carbocycles. The number of nitro benzene ring substituents is 1. The standard InChI is InChI=1S/C18H19BrN2O4/c1-18(2,3)13-6-4-5-7-16(13)25-11-17(22)20-15-9-8-12(21(23)24)10-14(15)19/h4-10H,11H2,1-3H3,(H,20,22). The summed E-state index contributed by atoms with van der Waals surface area (Å²) >= 11 is 3.22. The number of carbonyl (C=O) groups excluding carboxylic acids is 1. The number of anilines is 1. The van der Waals surface area contributed by atoms with Gasteiger partial charge in [-0.1, -0.05) is 39.0 Å². The summed E-state index contributed by atoms with van der Waals surface area (Å²) in [4.78, 5) is 22.4. The zero-order chi connectivity index (χ0) is 18.6. The van der Waals surface area contributed by atoms with Crippen LogP contribution < -0.4 is 10.1 Å². The molecule has 0 heterocycles. The topological polar surface area (TPSA) is 81.5 Å². The summed E-state index contributed by atoms with van der Waals surface area (Å²) in [7, 11) is 0. The van der Waals surface area contributed by atoms with Crippen LogP contribution in [0.25, 0.3) is 0 Å². The third-order valence-corrected chi connectivity index (χ3v) is 4.15. The second kappa shape index (κ2) is 7.65. The molecule has 6 nitrogen and oxygen atoms in total. The first kappa shape index (κ1) is 18.9. The Morgan fingerprint density at radius 1 is 1.24 bits per heavy atom. The fraction of sp³-hybridized carbons (Fsp3) is 0.278. The van der Waals surface area contributed by atoms with E-state index in [0.717, 1.165) is 5.56 Å². The molecule has 0 aromatic heterocycles. The van der Waals surface area contributed by atoms with Crippen molar-refractivity contribution in [2.24, 2.45) is 0 Å². The number of nitrogens with zero attached hydrogens (tertiary/aromatic N) is 1. The van der Waals surface area contributed by atoms with Gasteiger partial charge in [-0.25, -0.2) is 0 Å². The molecule has 1 N–H and O–H groups in total. The van der Waals surface area contributed by atoms with Crippen molar-refractivity contribution < 1.29 is 14.5 Å². The summed E-state index contributed by atoms with van der Waals surface area (Å²) in [6.45, 7) is 6.06. The van der Waals surface area contributed by atoms with Crippen LogP contribution >= 0.6 is 15.9 Å². The predicted octanol–water partition coefficient (Wildman–Crippen LogP) is 4.67. The average molecular weight is 407 g/mol. The summed E-state index contributed by atoms with van der Waals surface area (Å²) in [6, 6.07) is 11.7. The van der Waals surface area contributed by atoms with Crippen LogP contribution in [0, 0.1) is 10.1 Å². The van der Waals surface area contributed by atoms with Crippen molar-refractivity contribution in [3.05, 3.63) is 62.6 Å². The first-order valence-corrected chi connectivity index (χ1v) is 8.44. The van der Waals surface area contributed by atoms with Crippen LogP contribution in [-0.2, 0) is 10.2 Å². The number of non-ortho nitro benzene ring substituents is 1. The first-order chi connectivity index (χ1) is 11.7. The van der Waals surface area contributed by atoms with E-state index < -0.39 is 4.92 Å². The fourth-order valence-corrected chi connectivity index (χ4v) is 2.73. The Morgan fingerprint density at radius 3 is 2.52 bits per heavy atom. The SMILES string of the molecule is CC(C)(C)c1ccccc1OCC(=O)Nc1ccc([N+](=O)[O-])cc1Br. The van der Waals surface area contributed by atoms with Gasteiger partial charge in [0, 0.05) is 16.6 Å². The van der Waals surface area contributed by atoms with Gasteiger partial charge in [-0.05, 0) is 39.0 Å². The van der Waals surface area contributed by atoms with E-state index in [1.807, 2.05) is 24.3 Å². The lowest BCUT2D eigenvalue weighted by Gasteiger charge is -2.22. The number of hydrogen-bond donors (Lipinski definition) is 1. The minimum atomic E-state index is -0.497. The molecule has 2 rings (SSSR count). The minimum absolute atomic E-state index is 0.0553. The Hall–Kier alpha value is -2.41. The van der Waals surface area contributed by atoms with Crippen LogP contribution in [0.2, 0.25) is 0 Å². The van der Waals surface area contributed by atoms with E-state index in [-0.39, 0.29) is 23.6 Å². The fourth-order valence-electron chi connectivity index (χ4n) is 2.26. The lowest BCUT2D eigenvalue weighted by Crippen LogP contribution is -2.22. The van der Waals surface area contributed by atoms with E-state index >= 15 is 0 Å². The number of carbonyl (C=O) groups is 1. The Morgan fingerprint density at radius 2 is 1.92 bits per heavy atom. The molecule has 0 unspecified atom stereocenters. The van der Waals surface area contributed by atoms with Gasteiger partial charge in [0.2, 0.25) is 0 Å². The summed E-state index contributed by atoms with van der Waals surface area (Å²) < 4.78 is 6.10. The van der Waals surface area contributed by atoms with Crippen LogP contribution in [0.5, 0.6) is 5.75 Å². The number of para-hydroxylation sites is 1. The molecule has 0 radical (unpaired) electrons. The molecule has 0 saturated carbocycles. The average Bonchev–Trinajstić information content (AvgIpc) is 2.54. The van der Waals surface area contributed by atoms with Crippen molar-refractivity contribution in [1.29, 1.82) is 0 Å². The third-order valence-electron chi connectivity index (χ3n) is 3.49. The number of benzene rings is 2. The van der Waals surface area contributed by atoms with E-state index in [0.29, 0.717) is 15.9 Å². The molecule has 25 heavy (non-hydrogen) atoms. The Bertz CT molecular complexity index is 800. The summed E-state index contributed by atoms with van der Waals surface area (Å²) in [5.41, 5.74) is 1.30. The summed E-state index contributed by atoms with van der Waals surface area (Å²) in [5.74, 6) is 0.311. The minimum Gasteiger partial charge on any atom is -0.483 e. The van der Waals surface area contributed by atoms with Gasteiger partial charge in [-0.3, -0.25) is 14.9 Å². The normalized spacial score (nSPS) is 11.0. The van der Waals surface area contributed by atoms with Crippen molar-refractivity contribution in [3.8, 4) is 5.75 Å². The molecule has 0 saturated heterocycles. The molecule has 1 amide bonds. The number of amides is 1. The highest BCUT2D eigenvalue weighted by Gasteiger charge is 2.19. The number of ether oxygens (including phenoxy) is 1. The van der Waals surface area contributed by atoms with E-state index in [1.54, 1.807) is 0 Å². The number of nitro groups is 1. The molecule has 7 heteroatoms. The zero-order valence-electron chi connectivity index (χ0n) is 14.2. The van der Waals surface area contributed by atoms with Crippen molar-refractivity contribution in [2.75, 3.05) is 11.9 Å². The largest absolute Gasteiger partial charge is 0.483 e. The molecular formula is C18H19BrN2O4. The highest BCUT2D eigenvalue weighted by Crippen LogP contribution is 2.31. The van der Waals surface area contributed by atoms with Crippen LogP contribution in [-0.4, -0.2) is 17.4 Å². The second-order valence-electron chi connectivity index (χ2n) is 6.50. The molecule has 0 aliphatic rings. The maximum atomic E-state index is 12.1. The van der Waals surface area contributed by atoms with Crippen molar-refractivity contribution in [3.63, 3.8) is 0 Å². The predicted molar refractivity (Wildman–Crippen MR) is 100 cm³/mol. The lowest BCUT2D eigenvalue weighted by atomic mass is 9.86. The molecule has 2 aromatic rings. The van der Waals surface area contributed by atoms with Crippen LogP contribution in [0.1, 0.15) is 26.3 Å². The highest BCUT2D eigenvalue weighted by atomic mass is 79.9. The Kier molecular flexibility index (Phi) is 5.79. The smallest absolute Gasteiger partial charge is 0.270 e. The number of hydrogen-bond acceptors (Lipinski definition) is 4. The molecule has 132 valence electrons. The maximum Gasteiger partial charge on any atom is 0.270 e. The van der Waals surface area contributed by atoms with Crippen LogP contribution in [0.4, 0.5) is 11.4 Å². The van der Waals surface area contributed by atoms with E-state index in [9.17, 15) is 14.9 Å². The van der Waals surface area contributed by atoms with E-state index in [4.69, 9.17) is 4.74 Å². The highest BCUT2D eigenvalue weighted by molar-refractivity contribution is 9.10. The van der Waals surface area contributed by atoms with Gasteiger partial charge < -0.3 is 10.1 Å². The molecular weight excluding hydrogens is 388 g/mol. The molecule has 0 spiro atoms.